The van der Waals surface area contributed by atoms with Gasteiger partial charge in [-0.2, -0.15) is 0 Å². The van der Waals surface area contributed by atoms with Gasteiger partial charge in [0.15, 0.2) is 6.10 Å². The van der Waals surface area contributed by atoms with Gasteiger partial charge < -0.3 is 19.9 Å². The number of fused-ring (bicyclic) bond motifs is 1. The molecule has 1 saturated carbocycles. The minimum atomic E-state index is -0.980. The molecule has 0 aromatic heterocycles. The second-order valence-corrected chi connectivity index (χ2v) is 12.5. The number of hydrogen-bond donors (Lipinski definition) is 2. The Morgan fingerprint density at radius 2 is 1.50 bits per heavy atom. The summed E-state index contributed by atoms with van der Waals surface area (Å²) >= 11 is 5.97. The third-order valence-corrected chi connectivity index (χ3v) is 8.27. The number of halogens is 3. The van der Waals surface area contributed by atoms with Gasteiger partial charge in [-0.1, -0.05) is 68.8 Å². The number of nitrogens with zero attached hydrogens (tertiary/aromatic N) is 1. The average Bonchev–Trinajstić information content (AvgIpc) is 3.38. The molecule has 2 aliphatic rings. The van der Waals surface area contributed by atoms with Gasteiger partial charge in [-0.25, -0.2) is 4.79 Å². The van der Waals surface area contributed by atoms with Crippen molar-refractivity contribution >= 4 is 42.4 Å². The number of carboxylic acids is 1. The molecule has 2 N–H and O–H groups in total. The fourth-order valence-corrected chi connectivity index (χ4v) is 5.67. The molecule has 1 heterocycles. The summed E-state index contributed by atoms with van der Waals surface area (Å²) in [5, 5.41) is 14.2. The van der Waals surface area contributed by atoms with Crippen molar-refractivity contribution in [1.29, 1.82) is 0 Å². The van der Waals surface area contributed by atoms with E-state index in [2.05, 4.69) is 43.1 Å². The summed E-state index contributed by atoms with van der Waals surface area (Å²) < 4.78 is 11.8. The van der Waals surface area contributed by atoms with E-state index in [9.17, 15) is 9.90 Å². The van der Waals surface area contributed by atoms with Gasteiger partial charge in [0.25, 0.3) is 0 Å². The zero-order valence-electron chi connectivity index (χ0n) is 24.3. The maximum atomic E-state index is 11.9. The SMILES string of the molecule is CC(C)(C)c1ccc(O[C@@H](Cc2ccc(OCCN3CC4[C@H](C3)[C@H]4NCc3ccc(Cl)cc3)cc2)C(=O)O)cc1.Cl.Cl. The number of hydrogen-bond acceptors (Lipinski definition) is 5. The number of ether oxygens (including phenoxy) is 2. The lowest BCUT2D eigenvalue weighted by atomic mass is 9.87. The summed E-state index contributed by atoms with van der Waals surface area (Å²) in [6, 6.07) is 24.0. The van der Waals surface area contributed by atoms with E-state index in [0.29, 0.717) is 18.4 Å². The molecule has 0 amide bonds. The van der Waals surface area contributed by atoms with Crippen molar-refractivity contribution in [3.05, 3.63) is 94.5 Å². The van der Waals surface area contributed by atoms with Crippen LogP contribution in [-0.4, -0.2) is 54.4 Å². The van der Waals surface area contributed by atoms with E-state index in [4.69, 9.17) is 21.1 Å². The first-order valence-electron chi connectivity index (χ1n) is 14.1. The molecule has 2 fully saturated rings. The first-order valence-corrected chi connectivity index (χ1v) is 14.5. The molecule has 1 unspecified atom stereocenters. The maximum absolute atomic E-state index is 11.9. The largest absolute Gasteiger partial charge is 0.492 e. The summed E-state index contributed by atoms with van der Waals surface area (Å²) in [7, 11) is 0. The zero-order valence-corrected chi connectivity index (χ0v) is 26.7. The highest BCUT2D eigenvalue weighted by Crippen LogP contribution is 2.45. The fraction of sp³-hybridized carbons (Fsp3) is 0.424. The molecular weight excluding hydrogens is 595 g/mol. The van der Waals surface area contributed by atoms with E-state index in [1.54, 1.807) is 0 Å². The van der Waals surface area contributed by atoms with E-state index in [-0.39, 0.29) is 36.6 Å². The third-order valence-electron chi connectivity index (χ3n) is 8.02. The Kier molecular flexibility index (Phi) is 12.0. The summed E-state index contributed by atoms with van der Waals surface area (Å²) in [6.07, 6.45) is -0.682. The third kappa shape index (κ3) is 9.01. The number of piperidine rings is 1. The predicted octanol–water partition coefficient (Wildman–Crippen LogP) is 6.65. The number of carbonyl (C=O) groups is 1. The van der Waals surface area contributed by atoms with Gasteiger partial charge in [-0.15, -0.1) is 24.8 Å². The normalized spacial score (nSPS) is 20.0. The maximum Gasteiger partial charge on any atom is 0.345 e. The Balaban J connectivity index is 0.00000242. The topological polar surface area (TPSA) is 71.0 Å². The first kappa shape index (κ1) is 34.0. The van der Waals surface area contributed by atoms with Crippen molar-refractivity contribution in [3.8, 4) is 11.5 Å². The van der Waals surface area contributed by atoms with Crippen molar-refractivity contribution in [1.82, 2.24) is 10.2 Å². The molecule has 3 aromatic carbocycles. The highest BCUT2D eigenvalue weighted by atomic mass is 35.5. The van der Waals surface area contributed by atoms with Gasteiger partial charge in [0.05, 0.1) is 0 Å². The van der Waals surface area contributed by atoms with Crippen molar-refractivity contribution in [3.63, 3.8) is 0 Å². The van der Waals surface area contributed by atoms with Gasteiger partial charge in [0.2, 0.25) is 0 Å². The molecule has 0 spiro atoms. The molecule has 9 heteroatoms. The van der Waals surface area contributed by atoms with Crippen molar-refractivity contribution in [2.45, 2.75) is 51.3 Å². The molecule has 0 bridgehead atoms. The smallest absolute Gasteiger partial charge is 0.345 e. The van der Waals surface area contributed by atoms with Crippen LogP contribution in [0, 0.1) is 11.8 Å². The Morgan fingerprint density at radius 1 is 0.929 bits per heavy atom. The average molecular weight is 636 g/mol. The Hall–Kier alpha value is -2.48. The Bertz CT molecular complexity index is 1270. The van der Waals surface area contributed by atoms with Crippen LogP contribution in [0.1, 0.15) is 37.5 Å². The van der Waals surface area contributed by atoms with Crippen molar-refractivity contribution in [2.24, 2.45) is 11.8 Å². The highest BCUT2D eigenvalue weighted by Gasteiger charge is 2.55. The Labute approximate surface area is 266 Å². The summed E-state index contributed by atoms with van der Waals surface area (Å²) in [4.78, 5) is 14.3. The van der Waals surface area contributed by atoms with Crippen LogP contribution in [0.5, 0.6) is 11.5 Å². The van der Waals surface area contributed by atoms with Gasteiger partial charge >= 0.3 is 5.97 Å². The number of likely N-dealkylation sites (tertiary alicyclic amines) is 1. The minimum Gasteiger partial charge on any atom is -0.492 e. The molecule has 5 rings (SSSR count). The van der Waals surface area contributed by atoms with Crippen molar-refractivity contribution < 1.29 is 19.4 Å². The van der Waals surface area contributed by atoms with E-state index >= 15 is 0 Å². The van der Waals surface area contributed by atoms with Gasteiger partial charge in [-0.3, -0.25) is 4.90 Å². The predicted molar refractivity (Wildman–Crippen MR) is 173 cm³/mol. The quantitative estimate of drug-likeness (QED) is 0.232. The number of carboxylic acid groups (broad SMARTS) is 1. The number of benzene rings is 3. The van der Waals surface area contributed by atoms with E-state index in [0.717, 1.165) is 54.4 Å². The molecule has 3 aromatic rings. The second kappa shape index (κ2) is 14.8. The van der Waals surface area contributed by atoms with E-state index in [1.165, 1.54) is 11.1 Å². The molecule has 228 valence electrons. The van der Waals surface area contributed by atoms with Crippen LogP contribution in [-0.2, 0) is 23.2 Å². The van der Waals surface area contributed by atoms with E-state index in [1.807, 2.05) is 60.7 Å². The molecule has 6 nitrogen and oxygen atoms in total. The Morgan fingerprint density at radius 3 is 2.07 bits per heavy atom. The summed E-state index contributed by atoms with van der Waals surface area (Å²) in [5.41, 5.74) is 3.36. The lowest BCUT2D eigenvalue weighted by Crippen LogP contribution is -2.33. The van der Waals surface area contributed by atoms with Gasteiger partial charge in [0.1, 0.15) is 18.1 Å². The minimum absolute atomic E-state index is 0. The van der Waals surface area contributed by atoms with Crippen LogP contribution < -0.4 is 14.8 Å². The lowest BCUT2D eigenvalue weighted by molar-refractivity contribution is -0.145. The molecular formula is C33H41Cl3N2O4. The molecule has 1 saturated heterocycles. The van der Waals surface area contributed by atoms with Crippen molar-refractivity contribution in [2.75, 3.05) is 26.2 Å². The van der Waals surface area contributed by atoms with Gasteiger partial charge in [0, 0.05) is 43.7 Å². The zero-order chi connectivity index (χ0) is 28.3. The number of nitrogens with one attached hydrogen (secondary N) is 1. The van der Waals surface area contributed by atoms with E-state index < -0.39 is 12.1 Å². The van der Waals surface area contributed by atoms with Crippen LogP contribution in [0.15, 0.2) is 72.8 Å². The summed E-state index contributed by atoms with van der Waals surface area (Å²) in [6.45, 7) is 11.1. The molecule has 42 heavy (non-hydrogen) atoms. The van der Waals surface area contributed by atoms with Crippen LogP contribution in [0.4, 0.5) is 0 Å². The number of aliphatic carboxylic acids is 1. The monoisotopic (exact) mass is 634 g/mol. The second-order valence-electron chi connectivity index (χ2n) is 12.0. The molecule has 1 aliphatic carbocycles. The molecule has 4 atom stereocenters. The fourth-order valence-electron chi connectivity index (χ4n) is 5.54. The van der Waals surface area contributed by atoms with Crippen LogP contribution in [0.2, 0.25) is 5.02 Å². The van der Waals surface area contributed by atoms with Crippen LogP contribution >= 0.6 is 36.4 Å². The van der Waals surface area contributed by atoms with Crippen LogP contribution in [0.3, 0.4) is 0 Å². The lowest BCUT2D eigenvalue weighted by Gasteiger charge is -2.20. The first-order chi connectivity index (χ1) is 19.2. The van der Waals surface area contributed by atoms with Crippen LogP contribution in [0.25, 0.3) is 0 Å². The molecule has 1 aliphatic heterocycles. The van der Waals surface area contributed by atoms with Gasteiger partial charge in [-0.05, 0) is 70.3 Å². The number of rotatable bonds is 12. The highest BCUT2D eigenvalue weighted by molar-refractivity contribution is 6.30. The summed E-state index contributed by atoms with van der Waals surface area (Å²) in [5.74, 6) is 1.83. The standard InChI is InChI=1S/C33H39ClN2O4.2ClH/c1-33(2,3)24-8-14-27(15-9-24)40-30(32(37)38)18-22-6-12-26(13-7-22)39-17-16-36-20-28-29(21-36)31(28)35-19-23-4-10-25(34)11-5-23;;/h4-15,28-31,35H,16-21H2,1-3H3,(H,37,38);2*1H/t28-,29?,30-,31+;;/m0../s1. The molecule has 0 radical (unpaired) electrons.